The van der Waals surface area contributed by atoms with Crippen molar-refractivity contribution >= 4 is 134 Å². The first-order valence-electron chi connectivity index (χ1n) is 21.5. The first kappa shape index (κ1) is 56.9. The summed E-state index contributed by atoms with van der Waals surface area (Å²) in [6.07, 6.45) is 0.364. The van der Waals surface area contributed by atoms with Gasteiger partial charge in [-0.25, -0.2) is 0 Å². The molecular weight excluding hydrogens is 1030 g/mol. The lowest BCUT2D eigenvalue weighted by Crippen LogP contribution is -2.61. The minimum atomic E-state index is -2.83. The Morgan fingerprint density at radius 3 is 1.43 bits per heavy atom. The zero-order valence-electron chi connectivity index (χ0n) is 40.6. The maximum absolute atomic E-state index is 6.96. The SMILES string of the molecule is CC1C[SiH](C)O[SiH](C)O[SiH](CO[Si](C)(C)O[Si](C)(C)O[Si](C)(C)O[Si]2(C)CC(C)O[SiH](O[Si](C)(C)O[Si](C)(C)O[Si](C)(C)O[SiH]3OC(C)C[SiH](C)O[SiH](C)O3)O[SiH](C)O2)O1. The number of rotatable bonds is 17. The van der Waals surface area contributed by atoms with Gasteiger partial charge in [-0.2, -0.15) is 0 Å². The molecule has 0 aromatic rings. The van der Waals surface area contributed by atoms with E-state index in [0.29, 0.717) is 12.3 Å². The fourth-order valence-corrected chi connectivity index (χ4v) is 65.6. The predicted octanol–water partition coefficient (Wildman–Crippen LogP) is 4.21. The van der Waals surface area contributed by atoms with Crippen LogP contribution in [0.1, 0.15) is 20.8 Å². The van der Waals surface area contributed by atoms with Crippen LogP contribution >= 0.6 is 0 Å². The van der Waals surface area contributed by atoms with Gasteiger partial charge in [0.1, 0.15) is 0 Å². The van der Waals surface area contributed by atoms with Gasteiger partial charge in [-0.3, -0.25) is 0 Å². The van der Waals surface area contributed by atoms with E-state index in [1.54, 1.807) is 0 Å². The van der Waals surface area contributed by atoms with Crippen molar-refractivity contribution in [1.82, 2.24) is 0 Å². The predicted molar refractivity (Wildman–Crippen MR) is 269 cm³/mol. The average Bonchev–Trinajstić information content (AvgIpc) is 2.93. The van der Waals surface area contributed by atoms with Crippen molar-refractivity contribution in [1.29, 1.82) is 0 Å². The third-order valence-electron chi connectivity index (χ3n) is 9.02. The molecule has 60 heavy (non-hydrogen) atoms. The van der Waals surface area contributed by atoms with Gasteiger partial charge in [-0.1, -0.05) is 0 Å². The van der Waals surface area contributed by atoms with Gasteiger partial charge in [0.05, 0.1) is 6.23 Å². The lowest BCUT2D eigenvalue weighted by molar-refractivity contribution is 0.118. The van der Waals surface area contributed by atoms with Crippen molar-refractivity contribution in [3.63, 3.8) is 0 Å². The molecule has 32 heteroatoms. The Morgan fingerprint density at radius 2 is 0.917 bits per heavy atom. The highest BCUT2D eigenvalue weighted by atomic mass is 28.5. The third kappa shape index (κ3) is 22.1. The van der Waals surface area contributed by atoms with Crippen LogP contribution in [-0.4, -0.2) is 159 Å². The second-order valence-corrected chi connectivity index (χ2v) is 62.1. The van der Waals surface area contributed by atoms with Gasteiger partial charge in [-0.05, 0) is 151 Å². The molecule has 0 amide bonds. The Bertz CT molecular complexity index is 1290. The van der Waals surface area contributed by atoms with Crippen molar-refractivity contribution in [2.24, 2.45) is 0 Å². The van der Waals surface area contributed by atoms with Crippen LogP contribution < -0.4 is 0 Å². The first-order chi connectivity index (χ1) is 27.1. The van der Waals surface area contributed by atoms with Gasteiger partial charge in [-0.15, -0.1) is 0 Å². The van der Waals surface area contributed by atoms with E-state index < -0.39 is 134 Å². The molecule has 12 atom stereocenters. The van der Waals surface area contributed by atoms with Crippen LogP contribution in [0.15, 0.2) is 0 Å². The van der Waals surface area contributed by atoms with Crippen molar-refractivity contribution in [2.45, 2.75) is 175 Å². The Labute approximate surface area is 384 Å². The average molecular weight is 1110 g/mol. The maximum atomic E-state index is 6.96. The summed E-state index contributed by atoms with van der Waals surface area (Å²) in [6.45, 7) is 43.3. The Morgan fingerprint density at radius 1 is 0.500 bits per heavy atom. The molecule has 12 unspecified atom stereocenters. The zero-order valence-corrected chi connectivity index (χ0v) is 56.9. The largest absolute Gasteiger partial charge is 0.466 e. The highest BCUT2D eigenvalue weighted by molar-refractivity contribution is 6.90. The molecule has 0 aliphatic carbocycles. The molecule has 0 aromatic heterocycles. The van der Waals surface area contributed by atoms with E-state index in [9.17, 15) is 0 Å². The summed E-state index contributed by atoms with van der Waals surface area (Å²) in [6, 6.07) is 2.54. The van der Waals surface area contributed by atoms with Gasteiger partial charge in [0.15, 0.2) is 18.1 Å². The quantitative estimate of drug-likeness (QED) is 0.191. The molecular formula is C28H82O17Si15. The molecule has 0 aromatic carbocycles. The highest BCUT2D eigenvalue weighted by Gasteiger charge is 2.51. The van der Waals surface area contributed by atoms with Crippen molar-refractivity contribution in [3.05, 3.63) is 0 Å². The smallest absolute Gasteiger partial charge is 0.441 e. The van der Waals surface area contributed by atoms with E-state index in [1.807, 2.05) is 59.3 Å². The normalized spacial score (nSPS) is 35.5. The summed E-state index contributed by atoms with van der Waals surface area (Å²) in [7, 11) is -34.8. The third-order valence-corrected chi connectivity index (χ3v) is 60.0. The molecule has 0 radical (unpaired) electrons. The molecule has 0 spiro atoms. The van der Waals surface area contributed by atoms with Gasteiger partial charge >= 0.3 is 97.5 Å². The second kappa shape index (κ2) is 23.3. The molecule has 3 rings (SSSR count). The van der Waals surface area contributed by atoms with Crippen LogP contribution in [0.2, 0.25) is 136 Å². The van der Waals surface area contributed by atoms with Crippen LogP contribution in [0.25, 0.3) is 0 Å². The van der Waals surface area contributed by atoms with Gasteiger partial charge in [0, 0.05) is 24.4 Å². The molecule has 0 saturated carbocycles. The van der Waals surface area contributed by atoms with Crippen LogP contribution in [-0.2, 0) is 71.2 Å². The van der Waals surface area contributed by atoms with Crippen molar-refractivity contribution in [2.75, 3.05) is 6.23 Å². The van der Waals surface area contributed by atoms with E-state index in [2.05, 4.69) is 79.3 Å². The standard InChI is InChI=1S/C28H82O17Si15/c1-26-22-46(4)33-48(6)35-51(30-26)25-29-54(9,10)41-57(15,16)44-59(19,20)45-60(21)24-28(3)32-53(37-50(8)38-60)40-56(13,14)43-58(17,18)42-55(11,12)39-52-31-27(2)23-47(5)34-49(7)36-52/h26-28,46-53H,22-25H2,1-21H3. The summed E-state index contributed by atoms with van der Waals surface area (Å²) in [5.74, 6) is 0. The highest BCUT2D eigenvalue weighted by Crippen LogP contribution is 2.31. The van der Waals surface area contributed by atoms with Gasteiger partial charge in [0.2, 0.25) is 0 Å². The summed E-state index contributed by atoms with van der Waals surface area (Å²) < 4.78 is 111. The molecule has 3 fully saturated rings. The Balaban J connectivity index is 1.55. The number of hydrogen-bond acceptors (Lipinski definition) is 17. The molecule has 3 aliphatic rings. The monoisotopic (exact) mass is 1110 g/mol. The Hall–Kier alpha value is 2.57. The lowest BCUT2D eigenvalue weighted by Gasteiger charge is -2.44. The first-order valence-corrected chi connectivity index (χ1v) is 56.7. The van der Waals surface area contributed by atoms with Crippen LogP contribution in [0.4, 0.5) is 0 Å². The van der Waals surface area contributed by atoms with Crippen molar-refractivity contribution < 1.29 is 71.2 Å². The molecule has 0 N–H and O–H groups in total. The molecule has 0 bridgehead atoms. The van der Waals surface area contributed by atoms with Gasteiger partial charge < -0.3 is 71.2 Å². The summed E-state index contributed by atoms with van der Waals surface area (Å²) >= 11 is 0. The fourth-order valence-electron chi connectivity index (χ4n) is 8.15. The van der Waals surface area contributed by atoms with E-state index in [1.165, 1.54) is 0 Å². The summed E-state index contributed by atoms with van der Waals surface area (Å²) in [5.41, 5.74) is 0. The van der Waals surface area contributed by atoms with Crippen LogP contribution in [0.3, 0.4) is 0 Å². The van der Waals surface area contributed by atoms with Crippen LogP contribution in [0, 0.1) is 0 Å². The maximum Gasteiger partial charge on any atom is 0.466 e. The van der Waals surface area contributed by atoms with E-state index in [4.69, 9.17) is 71.2 Å². The number of hydrogen-bond donors (Lipinski definition) is 0. The molecule has 17 nitrogen and oxygen atoms in total. The van der Waals surface area contributed by atoms with Crippen molar-refractivity contribution in [3.8, 4) is 0 Å². The molecule has 3 aliphatic heterocycles. The minimum Gasteiger partial charge on any atom is -0.441 e. The molecule has 3 saturated heterocycles. The topological polar surface area (TPSA) is 157 Å². The van der Waals surface area contributed by atoms with Crippen LogP contribution in [0.5, 0.6) is 0 Å². The Kier molecular flexibility index (Phi) is 22.0. The zero-order chi connectivity index (χ0) is 45.7. The molecule has 3 heterocycles. The summed E-state index contributed by atoms with van der Waals surface area (Å²) in [4.78, 5) is 0. The van der Waals surface area contributed by atoms with E-state index in [-0.39, 0.29) is 18.3 Å². The summed E-state index contributed by atoms with van der Waals surface area (Å²) in [5, 5.41) is 0. The second-order valence-electron chi connectivity index (χ2n) is 19.2. The van der Waals surface area contributed by atoms with E-state index in [0.717, 1.165) is 12.1 Å². The van der Waals surface area contributed by atoms with Gasteiger partial charge in [0.25, 0.3) is 18.6 Å². The lowest BCUT2D eigenvalue weighted by atomic mass is 10.5. The minimum absolute atomic E-state index is 0.0411. The molecule has 356 valence electrons. The fraction of sp³-hybridized carbons (Fsp3) is 1.00. The van der Waals surface area contributed by atoms with E-state index >= 15 is 0 Å².